The van der Waals surface area contributed by atoms with E-state index in [2.05, 4.69) is 27.5 Å². The molecule has 0 saturated heterocycles. The van der Waals surface area contributed by atoms with Crippen LogP contribution in [0.3, 0.4) is 0 Å². The molecule has 0 aromatic carbocycles. The quantitative estimate of drug-likeness (QED) is 0.856. The maximum atomic E-state index is 12.4. The Labute approximate surface area is 124 Å². The summed E-state index contributed by atoms with van der Waals surface area (Å²) in [6.45, 7) is 4.77. The standard InChI is InChI=1S/C16H20N4O/c1-3-9-18-15-13(7-6-11-19-15)16(21)20-12(2)14-8-4-5-10-17-14/h4-8,10-12H,3,9H2,1-2H3,(H,18,19)(H,20,21). The van der Waals surface area contributed by atoms with Crippen molar-refractivity contribution in [1.29, 1.82) is 0 Å². The van der Waals surface area contributed by atoms with Crippen LogP contribution in [0.2, 0.25) is 0 Å². The molecule has 2 aromatic heterocycles. The van der Waals surface area contributed by atoms with Crippen molar-refractivity contribution in [2.24, 2.45) is 0 Å². The molecule has 1 unspecified atom stereocenters. The Kier molecular flexibility index (Phi) is 5.26. The van der Waals surface area contributed by atoms with Gasteiger partial charge in [0.1, 0.15) is 5.82 Å². The summed E-state index contributed by atoms with van der Waals surface area (Å²) in [7, 11) is 0. The minimum Gasteiger partial charge on any atom is -0.369 e. The molecular weight excluding hydrogens is 264 g/mol. The van der Waals surface area contributed by atoms with Crippen LogP contribution in [0.4, 0.5) is 5.82 Å². The molecule has 0 bridgehead atoms. The van der Waals surface area contributed by atoms with E-state index >= 15 is 0 Å². The fraction of sp³-hybridized carbons (Fsp3) is 0.312. The van der Waals surface area contributed by atoms with Gasteiger partial charge in [-0.25, -0.2) is 4.98 Å². The van der Waals surface area contributed by atoms with Crippen LogP contribution in [0.25, 0.3) is 0 Å². The average Bonchev–Trinajstić information content (AvgIpc) is 2.54. The number of hydrogen-bond donors (Lipinski definition) is 2. The molecule has 2 aromatic rings. The number of anilines is 1. The van der Waals surface area contributed by atoms with Crippen molar-refractivity contribution >= 4 is 11.7 Å². The highest BCUT2D eigenvalue weighted by atomic mass is 16.1. The second kappa shape index (κ2) is 7.38. The first-order chi connectivity index (χ1) is 10.2. The Bertz CT molecular complexity index is 586. The number of hydrogen-bond acceptors (Lipinski definition) is 4. The number of nitrogens with one attached hydrogen (secondary N) is 2. The van der Waals surface area contributed by atoms with E-state index in [4.69, 9.17) is 0 Å². The summed E-state index contributed by atoms with van der Waals surface area (Å²) in [6, 6.07) is 9.03. The largest absolute Gasteiger partial charge is 0.369 e. The SMILES string of the molecule is CCCNc1ncccc1C(=O)NC(C)c1ccccn1. The van der Waals surface area contributed by atoms with Gasteiger partial charge in [0.25, 0.3) is 5.91 Å². The van der Waals surface area contributed by atoms with E-state index < -0.39 is 0 Å². The van der Waals surface area contributed by atoms with Crippen molar-refractivity contribution in [3.05, 3.63) is 54.0 Å². The van der Waals surface area contributed by atoms with Gasteiger partial charge in [0.2, 0.25) is 0 Å². The van der Waals surface area contributed by atoms with Gasteiger partial charge < -0.3 is 10.6 Å². The number of amides is 1. The van der Waals surface area contributed by atoms with Gasteiger partial charge in [0.05, 0.1) is 17.3 Å². The molecule has 2 heterocycles. The lowest BCUT2D eigenvalue weighted by molar-refractivity contribution is 0.0939. The third-order valence-corrected chi connectivity index (χ3v) is 3.07. The number of nitrogens with zero attached hydrogens (tertiary/aromatic N) is 2. The fourth-order valence-electron chi connectivity index (χ4n) is 1.95. The van der Waals surface area contributed by atoms with Crippen molar-refractivity contribution in [2.45, 2.75) is 26.3 Å². The van der Waals surface area contributed by atoms with Crippen molar-refractivity contribution < 1.29 is 4.79 Å². The number of aromatic nitrogens is 2. The van der Waals surface area contributed by atoms with Crippen LogP contribution in [-0.4, -0.2) is 22.4 Å². The molecule has 0 aliphatic rings. The molecule has 1 atom stereocenters. The summed E-state index contributed by atoms with van der Waals surface area (Å²) in [5, 5.41) is 6.12. The lowest BCUT2D eigenvalue weighted by Gasteiger charge is -2.15. The van der Waals surface area contributed by atoms with Crippen LogP contribution in [0.15, 0.2) is 42.7 Å². The number of rotatable bonds is 6. The summed E-state index contributed by atoms with van der Waals surface area (Å²) in [6.07, 6.45) is 4.37. The topological polar surface area (TPSA) is 66.9 Å². The fourth-order valence-corrected chi connectivity index (χ4v) is 1.95. The zero-order valence-corrected chi connectivity index (χ0v) is 12.3. The van der Waals surface area contributed by atoms with Crippen LogP contribution < -0.4 is 10.6 Å². The van der Waals surface area contributed by atoms with E-state index in [1.807, 2.05) is 25.1 Å². The van der Waals surface area contributed by atoms with E-state index in [-0.39, 0.29) is 11.9 Å². The molecule has 0 aliphatic carbocycles. The maximum Gasteiger partial charge on any atom is 0.255 e. The predicted molar refractivity (Wildman–Crippen MR) is 83.1 cm³/mol. The molecule has 21 heavy (non-hydrogen) atoms. The van der Waals surface area contributed by atoms with E-state index in [9.17, 15) is 4.79 Å². The van der Waals surface area contributed by atoms with Crippen molar-refractivity contribution in [3.63, 3.8) is 0 Å². The second-order valence-corrected chi connectivity index (χ2v) is 4.78. The van der Waals surface area contributed by atoms with E-state index in [1.54, 1.807) is 24.5 Å². The Balaban J connectivity index is 2.10. The van der Waals surface area contributed by atoms with Gasteiger partial charge in [0.15, 0.2) is 0 Å². The second-order valence-electron chi connectivity index (χ2n) is 4.78. The Morgan fingerprint density at radius 3 is 2.71 bits per heavy atom. The van der Waals surface area contributed by atoms with Crippen LogP contribution in [0, 0.1) is 0 Å². The molecule has 0 aliphatic heterocycles. The van der Waals surface area contributed by atoms with Gasteiger partial charge >= 0.3 is 0 Å². The molecule has 0 fully saturated rings. The van der Waals surface area contributed by atoms with Gasteiger partial charge in [-0.1, -0.05) is 13.0 Å². The summed E-state index contributed by atoms with van der Waals surface area (Å²) >= 11 is 0. The van der Waals surface area contributed by atoms with Gasteiger partial charge in [-0.3, -0.25) is 9.78 Å². The number of pyridine rings is 2. The van der Waals surface area contributed by atoms with Crippen molar-refractivity contribution in [2.75, 3.05) is 11.9 Å². The minimum absolute atomic E-state index is 0.153. The maximum absolute atomic E-state index is 12.4. The molecule has 5 heteroatoms. The molecule has 0 saturated carbocycles. The third kappa shape index (κ3) is 4.02. The van der Waals surface area contributed by atoms with Crippen LogP contribution in [-0.2, 0) is 0 Å². The zero-order valence-electron chi connectivity index (χ0n) is 12.3. The van der Waals surface area contributed by atoms with Crippen molar-refractivity contribution in [3.8, 4) is 0 Å². The lowest BCUT2D eigenvalue weighted by atomic mass is 10.2. The number of carbonyl (C=O) groups is 1. The summed E-state index contributed by atoms with van der Waals surface area (Å²) in [4.78, 5) is 20.9. The van der Waals surface area contributed by atoms with Gasteiger partial charge in [-0.2, -0.15) is 0 Å². The molecule has 5 nitrogen and oxygen atoms in total. The highest BCUT2D eigenvalue weighted by Crippen LogP contribution is 2.14. The molecule has 0 radical (unpaired) electrons. The minimum atomic E-state index is -0.155. The Hall–Kier alpha value is -2.43. The first-order valence-electron chi connectivity index (χ1n) is 7.13. The van der Waals surface area contributed by atoms with Gasteiger partial charge in [-0.15, -0.1) is 0 Å². The first kappa shape index (κ1) is 15.0. The summed E-state index contributed by atoms with van der Waals surface area (Å²) in [5.41, 5.74) is 1.38. The van der Waals surface area contributed by atoms with E-state index in [0.717, 1.165) is 18.7 Å². The summed E-state index contributed by atoms with van der Waals surface area (Å²) in [5.74, 6) is 0.463. The van der Waals surface area contributed by atoms with Crippen molar-refractivity contribution in [1.82, 2.24) is 15.3 Å². The van der Waals surface area contributed by atoms with Crippen LogP contribution in [0.1, 0.15) is 42.4 Å². The van der Waals surface area contributed by atoms with Crippen LogP contribution in [0.5, 0.6) is 0 Å². The average molecular weight is 284 g/mol. The lowest BCUT2D eigenvalue weighted by Crippen LogP contribution is -2.28. The third-order valence-electron chi connectivity index (χ3n) is 3.07. The first-order valence-corrected chi connectivity index (χ1v) is 7.13. The highest BCUT2D eigenvalue weighted by Gasteiger charge is 2.15. The normalized spacial score (nSPS) is 11.7. The van der Waals surface area contributed by atoms with Crippen LogP contribution >= 0.6 is 0 Å². The molecule has 2 N–H and O–H groups in total. The van der Waals surface area contributed by atoms with E-state index in [1.165, 1.54) is 0 Å². The number of carbonyl (C=O) groups excluding carboxylic acids is 1. The highest BCUT2D eigenvalue weighted by molar-refractivity contribution is 5.98. The molecule has 1 amide bonds. The molecule has 2 rings (SSSR count). The Morgan fingerprint density at radius 2 is 2.00 bits per heavy atom. The molecule has 0 spiro atoms. The van der Waals surface area contributed by atoms with Gasteiger partial charge in [-0.05, 0) is 37.6 Å². The predicted octanol–water partition coefficient (Wildman–Crippen LogP) is 2.79. The smallest absolute Gasteiger partial charge is 0.255 e. The van der Waals surface area contributed by atoms with E-state index in [0.29, 0.717) is 11.4 Å². The molecular formula is C16H20N4O. The monoisotopic (exact) mass is 284 g/mol. The zero-order chi connectivity index (χ0) is 15.1. The Morgan fingerprint density at radius 1 is 1.19 bits per heavy atom. The molecule has 110 valence electrons. The summed E-state index contributed by atoms with van der Waals surface area (Å²) < 4.78 is 0. The van der Waals surface area contributed by atoms with Gasteiger partial charge in [0, 0.05) is 18.9 Å².